The molecular weight excluding hydrogens is 372 g/mol. The lowest BCUT2D eigenvalue weighted by Crippen LogP contribution is -2.51. The van der Waals surface area contributed by atoms with E-state index in [9.17, 15) is 15.0 Å². The van der Waals surface area contributed by atoms with Crippen molar-refractivity contribution in [2.24, 2.45) is 40.4 Å². The number of allylic oxidation sites excluding steroid dienone is 1. The zero-order valence-electron chi connectivity index (χ0n) is 19.5. The van der Waals surface area contributed by atoms with Crippen molar-refractivity contribution in [3.63, 3.8) is 0 Å². The van der Waals surface area contributed by atoms with Crippen molar-refractivity contribution in [3.8, 4) is 0 Å². The molecule has 2 N–H and O–H groups in total. The topological polar surface area (TPSA) is 57.5 Å². The minimum absolute atomic E-state index is 0.231. The first-order valence-electron chi connectivity index (χ1n) is 12.4. The zero-order valence-corrected chi connectivity index (χ0v) is 19.5. The number of aliphatic hydroxyl groups excluding tert-OH is 2. The lowest BCUT2D eigenvalue weighted by molar-refractivity contribution is -0.117. The standard InChI is InChI=1S/C27H42O3/c1-16(18(3)28)14-25(30)17(2)22-8-9-23-21-7-6-19-15-20(29)10-12-26(19,4)24(21)11-13-27(22,23)5/h15,17-18,21-25,28,30H,1,6-14H2,2-5H3/t17-,18?,21-,22+,23-,24-,25-,26-,27+/m0/s1. The highest BCUT2D eigenvalue weighted by Crippen LogP contribution is 2.67. The van der Waals surface area contributed by atoms with E-state index < -0.39 is 12.2 Å². The maximum Gasteiger partial charge on any atom is 0.155 e. The fourth-order valence-electron chi connectivity index (χ4n) is 8.36. The predicted octanol–water partition coefficient (Wildman–Crippen LogP) is 5.46. The number of rotatable bonds is 5. The van der Waals surface area contributed by atoms with Crippen LogP contribution in [0.3, 0.4) is 0 Å². The molecule has 4 aliphatic rings. The van der Waals surface area contributed by atoms with Gasteiger partial charge in [0, 0.05) is 6.42 Å². The van der Waals surface area contributed by atoms with Crippen molar-refractivity contribution in [3.05, 3.63) is 23.8 Å². The Morgan fingerprint density at radius 2 is 1.83 bits per heavy atom. The molecule has 0 saturated heterocycles. The van der Waals surface area contributed by atoms with Crippen molar-refractivity contribution in [2.75, 3.05) is 0 Å². The van der Waals surface area contributed by atoms with Crippen molar-refractivity contribution in [1.82, 2.24) is 0 Å². The Morgan fingerprint density at radius 3 is 2.53 bits per heavy atom. The van der Waals surface area contributed by atoms with Gasteiger partial charge >= 0.3 is 0 Å². The summed E-state index contributed by atoms with van der Waals surface area (Å²) in [5, 5.41) is 20.7. The molecule has 0 bridgehead atoms. The molecule has 0 amide bonds. The summed E-state index contributed by atoms with van der Waals surface area (Å²) >= 11 is 0. The van der Waals surface area contributed by atoms with Crippen LogP contribution >= 0.6 is 0 Å². The summed E-state index contributed by atoms with van der Waals surface area (Å²) in [4.78, 5) is 12.0. The average Bonchev–Trinajstić information content (AvgIpc) is 3.04. The number of hydrogen-bond acceptors (Lipinski definition) is 3. The van der Waals surface area contributed by atoms with Crippen LogP contribution in [0.1, 0.15) is 85.5 Å². The molecule has 1 unspecified atom stereocenters. The normalized spacial score (nSPS) is 43.7. The Labute approximate surface area is 183 Å². The molecular formula is C27H42O3. The van der Waals surface area contributed by atoms with Crippen molar-refractivity contribution in [2.45, 2.75) is 97.7 Å². The zero-order chi connectivity index (χ0) is 21.8. The van der Waals surface area contributed by atoms with E-state index in [1.165, 1.54) is 37.7 Å². The number of carbonyl (C=O) groups excluding carboxylic acids is 1. The Morgan fingerprint density at radius 1 is 1.10 bits per heavy atom. The first-order chi connectivity index (χ1) is 14.1. The lowest BCUT2D eigenvalue weighted by Gasteiger charge is -2.58. The van der Waals surface area contributed by atoms with E-state index in [0.717, 1.165) is 42.6 Å². The van der Waals surface area contributed by atoms with Crippen LogP contribution in [-0.4, -0.2) is 28.2 Å². The average molecular weight is 415 g/mol. The molecule has 30 heavy (non-hydrogen) atoms. The molecule has 0 radical (unpaired) electrons. The van der Waals surface area contributed by atoms with E-state index in [1.54, 1.807) is 6.92 Å². The maximum absolute atomic E-state index is 12.0. The van der Waals surface area contributed by atoms with Gasteiger partial charge in [0.25, 0.3) is 0 Å². The van der Waals surface area contributed by atoms with E-state index in [2.05, 4.69) is 27.4 Å². The van der Waals surface area contributed by atoms with E-state index in [-0.39, 0.29) is 11.3 Å². The van der Waals surface area contributed by atoms with E-state index in [4.69, 9.17) is 0 Å². The summed E-state index contributed by atoms with van der Waals surface area (Å²) < 4.78 is 0. The number of carbonyl (C=O) groups is 1. The molecule has 4 aliphatic carbocycles. The summed E-state index contributed by atoms with van der Waals surface area (Å²) in [6, 6.07) is 0. The molecule has 0 heterocycles. The van der Waals surface area contributed by atoms with E-state index in [1.807, 2.05) is 6.08 Å². The minimum Gasteiger partial charge on any atom is -0.393 e. The molecule has 0 aromatic heterocycles. The van der Waals surface area contributed by atoms with Crippen molar-refractivity contribution in [1.29, 1.82) is 0 Å². The van der Waals surface area contributed by atoms with Crippen molar-refractivity contribution >= 4 is 5.78 Å². The highest BCUT2D eigenvalue weighted by atomic mass is 16.3. The second-order valence-corrected chi connectivity index (χ2v) is 11.7. The van der Waals surface area contributed by atoms with Gasteiger partial charge in [0.1, 0.15) is 0 Å². The fourth-order valence-corrected chi connectivity index (χ4v) is 8.36. The second-order valence-electron chi connectivity index (χ2n) is 11.7. The Balaban J connectivity index is 1.52. The van der Waals surface area contributed by atoms with Crippen LogP contribution in [0.5, 0.6) is 0 Å². The van der Waals surface area contributed by atoms with Gasteiger partial charge in [0.2, 0.25) is 0 Å². The molecule has 3 nitrogen and oxygen atoms in total. The number of ketones is 1. The molecule has 4 rings (SSSR count). The summed E-state index contributed by atoms with van der Waals surface area (Å²) in [6.45, 7) is 12.9. The molecule has 0 spiro atoms. The minimum atomic E-state index is -0.554. The van der Waals surface area contributed by atoms with E-state index in [0.29, 0.717) is 23.5 Å². The smallest absolute Gasteiger partial charge is 0.155 e. The maximum atomic E-state index is 12.0. The molecule has 9 atom stereocenters. The Kier molecular flexibility index (Phi) is 5.85. The van der Waals surface area contributed by atoms with Gasteiger partial charge < -0.3 is 10.2 Å². The molecule has 168 valence electrons. The summed E-state index contributed by atoms with van der Waals surface area (Å²) in [5.41, 5.74) is 2.72. The number of hydrogen-bond donors (Lipinski definition) is 2. The second kappa shape index (κ2) is 7.89. The van der Waals surface area contributed by atoms with Gasteiger partial charge in [-0.05, 0) is 110 Å². The first-order valence-corrected chi connectivity index (χ1v) is 12.4. The molecule has 3 heteroatoms. The third kappa shape index (κ3) is 3.45. The van der Waals surface area contributed by atoms with Gasteiger partial charge in [-0.3, -0.25) is 4.79 Å². The summed E-state index contributed by atoms with van der Waals surface area (Å²) in [5.74, 6) is 3.33. The van der Waals surface area contributed by atoms with Gasteiger partial charge in [0.05, 0.1) is 12.2 Å². The third-order valence-electron chi connectivity index (χ3n) is 10.3. The van der Waals surface area contributed by atoms with Crippen LogP contribution in [-0.2, 0) is 4.79 Å². The monoisotopic (exact) mass is 414 g/mol. The molecule has 0 aliphatic heterocycles. The van der Waals surface area contributed by atoms with Crippen molar-refractivity contribution < 1.29 is 15.0 Å². The van der Waals surface area contributed by atoms with Gasteiger partial charge in [0.15, 0.2) is 5.78 Å². The van der Waals surface area contributed by atoms with Gasteiger partial charge in [-0.25, -0.2) is 0 Å². The molecule has 3 fully saturated rings. The SMILES string of the molecule is C=C(C[C@H](O)[C@@H](C)[C@H]1CC[C@H]2[C@@H]3CCC4=CC(=O)CC[C@]4(C)[C@H]3CC[C@]12C)C(C)O. The van der Waals surface area contributed by atoms with Crippen LogP contribution in [0.2, 0.25) is 0 Å². The van der Waals surface area contributed by atoms with Crippen LogP contribution in [0.15, 0.2) is 23.8 Å². The quantitative estimate of drug-likeness (QED) is 0.587. The predicted molar refractivity (Wildman–Crippen MR) is 121 cm³/mol. The molecule has 0 aromatic rings. The molecule has 3 saturated carbocycles. The van der Waals surface area contributed by atoms with E-state index >= 15 is 0 Å². The first kappa shape index (κ1) is 22.3. The fraction of sp³-hybridized carbons (Fsp3) is 0.815. The van der Waals surface area contributed by atoms with Gasteiger partial charge in [-0.2, -0.15) is 0 Å². The van der Waals surface area contributed by atoms with Gasteiger partial charge in [-0.15, -0.1) is 0 Å². The summed E-state index contributed by atoms with van der Waals surface area (Å²) in [6.07, 6.45) is 10.6. The summed E-state index contributed by atoms with van der Waals surface area (Å²) in [7, 11) is 0. The van der Waals surface area contributed by atoms with Gasteiger partial charge in [-0.1, -0.05) is 32.9 Å². The highest BCUT2D eigenvalue weighted by Gasteiger charge is 2.59. The largest absolute Gasteiger partial charge is 0.393 e. The number of aliphatic hydroxyl groups is 2. The Hall–Kier alpha value is -0.930. The number of fused-ring (bicyclic) bond motifs is 5. The highest BCUT2D eigenvalue weighted by molar-refractivity contribution is 5.91. The van der Waals surface area contributed by atoms with Crippen LogP contribution in [0, 0.1) is 40.4 Å². The third-order valence-corrected chi connectivity index (χ3v) is 10.3. The Bertz CT molecular complexity index is 736. The van der Waals surface area contributed by atoms with Crippen LogP contribution in [0.4, 0.5) is 0 Å². The molecule has 0 aromatic carbocycles. The van der Waals surface area contributed by atoms with Crippen LogP contribution < -0.4 is 0 Å². The lowest BCUT2D eigenvalue weighted by atomic mass is 9.46. The van der Waals surface area contributed by atoms with Crippen LogP contribution in [0.25, 0.3) is 0 Å².